The van der Waals surface area contributed by atoms with E-state index in [2.05, 4.69) is 19.9 Å². The first-order chi connectivity index (χ1) is 7.43. The highest BCUT2D eigenvalue weighted by molar-refractivity contribution is 5.00. The summed E-state index contributed by atoms with van der Waals surface area (Å²) in [6.45, 7) is 6.93. The minimum atomic E-state index is -0.744. The average Bonchev–Trinajstić information content (AvgIpc) is 2.16. The molecule has 0 aromatic carbocycles. The van der Waals surface area contributed by atoms with Crippen LogP contribution in [0.15, 0.2) is 0 Å². The fourth-order valence-electron chi connectivity index (χ4n) is 2.50. The van der Waals surface area contributed by atoms with Crippen LogP contribution in [0.1, 0.15) is 46.5 Å². The zero-order valence-corrected chi connectivity index (χ0v) is 10.7. The molecule has 1 saturated carbocycles. The van der Waals surface area contributed by atoms with Gasteiger partial charge in [-0.2, -0.15) is 5.26 Å². The van der Waals surface area contributed by atoms with E-state index in [1.807, 2.05) is 0 Å². The van der Waals surface area contributed by atoms with Crippen LogP contribution in [0.25, 0.3) is 0 Å². The molecular formula is C13H24N2O. The zero-order valence-electron chi connectivity index (χ0n) is 10.7. The Morgan fingerprint density at radius 3 is 2.38 bits per heavy atom. The van der Waals surface area contributed by atoms with E-state index in [0.29, 0.717) is 19.1 Å². The van der Waals surface area contributed by atoms with Crippen molar-refractivity contribution in [2.24, 2.45) is 17.6 Å². The third-order valence-electron chi connectivity index (χ3n) is 3.37. The topological polar surface area (TPSA) is 59.0 Å². The summed E-state index contributed by atoms with van der Waals surface area (Å²) in [7, 11) is 0. The molecule has 0 heterocycles. The van der Waals surface area contributed by atoms with Crippen LogP contribution in [-0.4, -0.2) is 18.2 Å². The van der Waals surface area contributed by atoms with Crippen molar-refractivity contribution in [1.82, 2.24) is 0 Å². The van der Waals surface area contributed by atoms with Gasteiger partial charge in [0.2, 0.25) is 0 Å². The molecule has 1 rings (SSSR count). The second-order valence-corrected chi connectivity index (χ2v) is 5.69. The lowest BCUT2D eigenvalue weighted by molar-refractivity contribution is -0.00332. The molecule has 0 amide bonds. The van der Waals surface area contributed by atoms with Gasteiger partial charge in [-0.3, -0.25) is 0 Å². The number of ether oxygens (including phenoxy) is 1. The molecule has 0 aromatic heterocycles. The molecular weight excluding hydrogens is 200 g/mol. The summed E-state index contributed by atoms with van der Waals surface area (Å²) in [5.41, 5.74) is 5.00. The third kappa shape index (κ3) is 4.51. The molecule has 1 fully saturated rings. The predicted molar refractivity (Wildman–Crippen MR) is 64.7 cm³/mol. The van der Waals surface area contributed by atoms with Crippen LogP contribution in [0, 0.1) is 23.2 Å². The van der Waals surface area contributed by atoms with Crippen LogP contribution in [0.5, 0.6) is 0 Å². The summed E-state index contributed by atoms with van der Waals surface area (Å²) in [4.78, 5) is 0. The van der Waals surface area contributed by atoms with Gasteiger partial charge in [-0.05, 0) is 38.0 Å². The van der Waals surface area contributed by atoms with Gasteiger partial charge in [0.25, 0.3) is 0 Å². The van der Waals surface area contributed by atoms with Crippen LogP contribution < -0.4 is 5.73 Å². The van der Waals surface area contributed by atoms with Gasteiger partial charge in [-0.15, -0.1) is 0 Å². The summed E-state index contributed by atoms with van der Waals surface area (Å²) in [6, 6.07) is 2.09. The Morgan fingerprint density at radius 1 is 1.31 bits per heavy atom. The Balaban J connectivity index is 2.25. The minimum absolute atomic E-state index is 0.369. The van der Waals surface area contributed by atoms with E-state index in [4.69, 9.17) is 15.7 Å². The fraction of sp³-hybridized carbons (Fsp3) is 0.923. The minimum Gasteiger partial charge on any atom is -0.378 e. The summed E-state index contributed by atoms with van der Waals surface area (Å²) >= 11 is 0. The van der Waals surface area contributed by atoms with Gasteiger partial charge in [-0.1, -0.05) is 13.8 Å². The Morgan fingerprint density at radius 2 is 1.88 bits per heavy atom. The SMILES string of the molecule is CC1CC(C)CC(OCCC(C)(N)C#N)C1. The summed E-state index contributed by atoms with van der Waals surface area (Å²) in [6.07, 6.45) is 4.60. The van der Waals surface area contributed by atoms with Crippen molar-refractivity contribution >= 4 is 0 Å². The number of hydrogen-bond donors (Lipinski definition) is 1. The highest BCUT2D eigenvalue weighted by Crippen LogP contribution is 2.30. The fourth-order valence-corrected chi connectivity index (χ4v) is 2.50. The van der Waals surface area contributed by atoms with Gasteiger partial charge in [0.05, 0.1) is 12.2 Å². The molecule has 0 aliphatic heterocycles. The number of nitrogens with zero attached hydrogens (tertiary/aromatic N) is 1. The monoisotopic (exact) mass is 224 g/mol. The third-order valence-corrected chi connectivity index (χ3v) is 3.37. The molecule has 1 aliphatic rings. The highest BCUT2D eigenvalue weighted by atomic mass is 16.5. The van der Waals surface area contributed by atoms with Crippen molar-refractivity contribution < 1.29 is 4.74 Å². The maximum absolute atomic E-state index is 8.78. The van der Waals surface area contributed by atoms with E-state index in [9.17, 15) is 0 Å². The molecule has 3 nitrogen and oxygen atoms in total. The lowest BCUT2D eigenvalue weighted by atomic mass is 9.82. The molecule has 0 spiro atoms. The van der Waals surface area contributed by atoms with Crippen LogP contribution in [0.3, 0.4) is 0 Å². The first kappa shape index (κ1) is 13.5. The summed E-state index contributed by atoms with van der Waals surface area (Å²) in [5, 5.41) is 8.78. The smallest absolute Gasteiger partial charge is 0.103 e. The van der Waals surface area contributed by atoms with Gasteiger partial charge >= 0.3 is 0 Å². The van der Waals surface area contributed by atoms with Crippen LogP contribution in [0.2, 0.25) is 0 Å². The van der Waals surface area contributed by atoms with E-state index in [0.717, 1.165) is 24.7 Å². The van der Waals surface area contributed by atoms with Crippen molar-refractivity contribution in [1.29, 1.82) is 5.26 Å². The van der Waals surface area contributed by atoms with Gasteiger partial charge in [0.15, 0.2) is 0 Å². The van der Waals surface area contributed by atoms with Crippen LogP contribution in [-0.2, 0) is 4.74 Å². The number of nitrogens with two attached hydrogens (primary N) is 1. The lowest BCUT2D eigenvalue weighted by Crippen LogP contribution is -2.36. The van der Waals surface area contributed by atoms with E-state index >= 15 is 0 Å². The first-order valence-electron chi connectivity index (χ1n) is 6.24. The molecule has 0 aromatic rings. The van der Waals surface area contributed by atoms with Crippen LogP contribution >= 0.6 is 0 Å². The molecule has 3 atom stereocenters. The molecule has 3 unspecified atom stereocenters. The van der Waals surface area contributed by atoms with Crippen molar-refractivity contribution in [3.63, 3.8) is 0 Å². The zero-order chi connectivity index (χ0) is 12.2. The second-order valence-electron chi connectivity index (χ2n) is 5.69. The van der Waals surface area contributed by atoms with Crippen molar-refractivity contribution in [2.75, 3.05) is 6.61 Å². The maximum Gasteiger partial charge on any atom is 0.103 e. The molecule has 0 saturated heterocycles. The summed E-state index contributed by atoms with van der Waals surface area (Å²) < 4.78 is 5.83. The molecule has 0 radical (unpaired) electrons. The van der Waals surface area contributed by atoms with E-state index < -0.39 is 5.54 Å². The second kappa shape index (κ2) is 5.65. The predicted octanol–water partition coefficient (Wildman–Crippen LogP) is 2.46. The van der Waals surface area contributed by atoms with Gasteiger partial charge in [0, 0.05) is 13.0 Å². The standard InChI is InChI=1S/C13H24N2O/c1-10-6-11(2)8-12(7-10)16-5-4-13(3,15)9-14/h10-12H,4-8,15H2,1-3H3. The Labute approximate surface area is 99.0 Å². The van der Waals surface area contributed by atoms with Crippen molar-refractivity contribution in [2.45, 2.75) is 58.1 Å². The molecule has 0 bridgehead atoms. The molecule has 1 aliphatic carbocycles. The highest BCUT2D eigenvalue weighted by Gasteiger charge is 2.25. The Bertz CT molecular complexity index is 247. The summed E-state index contributed by atoms with van der Waals surface area (Å²) in [5.74, 6) is 1.52. The van der Waals surface area contributed by atoms with Gasteiger partial charge in [-0.25, -0.2) is 0 Å². The molecule has 3 heteroatoms. The van der Waals surface area contributed by atoms with E-state index in [-0.39, 0.29) is 0 Å². The molecule has 16 heavy (non-hydrogen) atoms. The Kier molecular flexibility index (Phi) is 4.76. The number of hydrogen-bond acceptors (Lipinski definition) is 3. The maximum atomic E-state index is 8.78. The quantitative estimate of drug-likeness (QED) is 0.798. The van der Waals surface area contributed by atoms with E-state index in [1.165, 1.54) is 6.42 Å². The molecule has 92 valence electrons. The normalized spacial score (nSPS) is 34.1. The number of nitriles is 1. The lowest BCUT2D eigenvalue weighted by Gasteiger charge is -2.31. The average molecular weight is 224 g/mol. The number of rotatable bonds is 4. The van der Waals surface area contributed by atoms with E-state index in [1.54, 1.807) is 6.92 Å². The van der Waals surface area contributed by atoms with Crippen molar-refractivity contribution in [3.8, 4) is 6.07 Å². The van der Waals surface area contributed by atoms with Gasteiger partial charge in [0.1, 0.15) is 5.54 Å². The van der Waals surface area contributed by atoms with Crippen molar-refractivity contribution in [3.05, 3.63) is 0 Å². The first-order valence-corrected chi connectivity index (χ1v) is 6.24. The van der Waals surface area contributed by atoms with Crippen LogP contribution in [0.4, 0.5) is 0 Å². The largest absolute Gasteiger partial charge is 0.378 e. The Hall–Kier alpha value is -0.590. The van der Waals surface area contributed by atoms with Gasteiger partial charge < -0.3 is 10.5 Å². The molecule has 2 N–H and O–H groups in total.